The van der Waals surface area contributed by atoms with Crippen molar-refractivity contribution >= 4 is 0 Å². The SMILES string of the molecule is Cc1ccc(OCCCCCNC2CC2)cc1F. The fraction of sp³-hybridized carbons (Fsp3) is 0.600. The summed E-state index contributed by atoms with van der Waals surface area (Å²) in [6.45, 7) is 3.54. The highest BCUT2D eigenvalue weighted by Crippen LogP contribution is 2.18. The lowest BCUT2D eigenvalue weighted by atomic mass is 10.2. The van der Waals surface area contributed by atoms with Crippen LogP contribution in [0.3, 0.4) is 0 Å². The molecule has 0 radical (unpaired) electrons. The van der Waals surface area contributed by atoms with Crippen LogP contribution in [0, 0.1) is 12.7 Å². The minimum atomic E-state index is -0.193. The van der Waals surface area contributed by atoms with E-state index >= 15 is 0 Å². The first-order valence-electron chi connectivity index (χ1n) is 6.88. The van der Waals surface area contributed by atoms with Crippen LogP contribution in [0.1, 0.15) is 37.7 Å². The molecule has 0 aromatic heterocycles. The fourth-order valence-corrected chi connectivity index (χ4v) is 1.85. The molecular weight excluding hydrogens is 229 g/mol. The van der Waals surface area contributed by atoms with Crippen molar-refractivity contribution in [2.24, 2.45) is 0 Å². The van der Waals surface area contributed by atoms with Gasteiger partial charge in [-0.25, -0.2) is 4.39 Å². The molecule has 0 bridgehead atoms. The molecule has 1 aromatic rings. The third-order valence-electron chi connectivity index (χ3n) is 3.24. The topological polar surface area (TPSA) is 21.3 Å². The van der Waals surface area contributed by atoms with Gasteiger partial charge in [0.15, 0.2) is 0 Å². The summed E-state index contributed by atoms with van der Waals surface area (Å²) in [5.74, 6) is 0.440. The van der Waals surface area contributed by atoms with Crippen molar-refractivity contribution in [2.75, 3.05) is 13.2 Å². The van der Waals surface area contributed by atoms with Crippen LogP contribution in [-0.2, 0) is 0 Å². The molecule has 2 nitrogen and oxygen atoms in total. The van der Waals surface area contributed by atoms with Crippen LogP contribution < -0.4 is 10.1 Å². The smallest absolute Gasteiger partial charge is 0.129 e. The number of ether oxygens (including phenoxy) is 1. The molecule has 0 unspecified atom stereocenters. The van der Waals surface area contributed by atoms with Gasteiger partial charge in [-0.15, -0.1) is 0 Å². The van der Waals surface area contributed by atoms with E-state index in [-0.39, 0.29) is 5.82 Å². The average molecular weight is 251 g/mol. The number of rotatable bonds is 8. The van der Waals surface area contributed by atoms with E-state index in [2.05, 4.69) is 5.32 Å². The van der Waals surface area contributed by atoms with Crippen LogP contribution in [0.5, 0.6) is 5.75 Å². The molecule has 1 saturated carbocycles. The number of hydrogen-bond donors (Lipinski definition) is 1. The monoisotopic (exact) mass is 251 g/mol. The van der Waals surface area contributed by atoms with E-state index in [0.29, 0.717) is 17.9 Å². The molecule has 1 fully saturated rings. The maximum absolute atomic E-state index is 13.2. The Balaban J connectivity index is 1.52. The number of halogens is 1. The quantitative estimate of drug-likeness (QED) is 0.715. The minimum Gasteiger partial charge on any atom is -0.493 e. The van der Waals surface area contributed by atoms with Gasteiger partial charge in [-0.05, 0) is 57.2 Å². The zero-order valence-corrected chi connectivity index (χ0v) is 11.0. The summed E-state index contributed by atoms with van der Waals surface area (Å²) in [6.07, 6.45) is 6.09. The number of benzene rings is 1. The predicted molar refractivity (Wildman–Crippen MR) is 71.5 cm³/mol. The van der Waals surface area contributed by atoms with Crippen molar-refractivity contribution in [2.45, 2.75) is 45.1 Å². The summed E-state index contributed by atoms with van der Waals surface area (Å²) in [4.78, 5) is 0. The first-order chi connectivity index (χ1) is 8.75. The molecule has 1 N–H and O–H groups in total. The van der Waals surface area contributed by atoms with Crippen LogP contribution in [0.2, 0.25) is 0 Å². The molecule has 3 heteroatoms. The lowest BCUT2D eigenvalue weighted by Crippen LogP contribution is -2.17. The van der Waals surface area contributed by atoms with Gasteiger partial charge in [0.1, 0.15) is 11.6 Å². The lowest BCUT2D eigenvalue weighted by Gasteiger charge is -2.07. The summed E-state index contributed by atoms with van der Waals surface area (Å²) in [5.41, 5.74) is 0.661. The Labute approximate surface area is 109 Å². The standard InChI is InChI=1S/C15H22FNO/c1-12-5-8-14(11-15(12)16)18-10-4-2-3-9-17-13-6-7-13/h5,8,11,13,17H,2-4,6-7,9-10H2,1H3. The fourth-order valence-electron chi connectivity index (χ4n) is 1.85. The number of unbranched alkanes of at least 4 members (excludes halogenated alkanes) is 2. The van der Waals surface area contributed by atoms with E-state index in [9.17, 15) is 4.39 Å². The highest BCUT2D eigenvalue weighted by Gasteiger charge is 2.19. The van der Waals surface area contributed by atoms with Crippen molar-refractivity contribution in [1.29, 1.82) is 0 Å². The van der Waals surface area contributed by atoms with Crippen molar-refractivity contribution in [3.8, 4) is 5.75 Å². The first kappa shape index (κ1) is 13.3. The molecule has 0 saturated heterocycles. The van der Waals surface area contributed by atoms with Gasteiger partial charge in [0.05, 0.1) is 6.61 Å². The van der Waals surface area contributed by atoms with Crippen molar-refractivity contribution in [3.05, 3.63) is 29.6 Å². The third kappa shape index (κ3) is 4.65. The highest BCUT2D eigenvalue weighted by atomic mass is 19.1. The van der Waals surface area contributed by atoms with E-state index in [1.165, 1.54) is 25.3 Å². The molecular formula is C15H22FNO. The van der Waals surface area contributed by atoms with Crippen LogP contribution in [-0.4, -0.2) is 19.2 Å². The van der Waals surface area contributed by atoms with Crippen LogP contribution in [0.15, 0.2) is 18.2 Å². The summed E-state index contributed by atoms with van der Waals surface area (Å²) >= 11 is 0. The number of hydrogen-bond acceptors (Lipinski definition) is 2. The van der Waals surface area contributed by atoms with Gasteiger partial charge >= 0.3 is 0 Å². The zero-order valence-electron chi connectivity index (χ0n) is 11.0. The zero-order chi connectivity index (χ0) is 12.8. The Morgan fingerprint density at radius 1 is 1.28 bits per heavy atom. The van der Waals surface area contributed by atoms with Crippen LogP contribution >= 0.6 is 0 Å². The summed E-state index contributed by atoms with van der Waals surface area (Å²) in [5, 5.41) is 3.49. The number of nitrogens with one attached hydrogen (secondary N) is 1. The van der Waals surface area contributed by atoms with E-state index in [1.807, 2.05) is 6.07 Å². The second-order valence-electron chi connectivity index (χ2n) is 5.05. The molecule has 1 aliphatic carbocycles. The highest BCUT2D eigenvalue weighted by molar-refractivity contribution is 5.27. The second kappa shape index (κ2) is 6.74. The molecule has 18 heavy (non-hydrogen) atoms. The molecule has 0 aliphatic heterocycles. The van der Waals surface area contributed by atoms with Crippen molar-refractivity contribution in [3.63, 3.8) is 0 Å². The van der Waals surface area contributed by atoms with Gasteiger partial charge in [-0.1, -0.05) is 6.07 Å². The van der Waals surface area contributed by atoms with Gasteiger partial charge in [0, 0.05) is 12.1 Å². The first-order valence-corrected chi connectivity index (χ1v) is 6.88. The Morgan fingerprint density at radius 2 is 2.11 bits per heavy atom. The van der Waals surface area contributed by atoms with E-state index < -0.39 is 0 Å². The van der Waals surface area contributed by atoms with Gasteiger partial charge in [-0.2, -0.15) is 0 Å². The van der Waals surface area contributed by atoms with E-state index in [0.717, 1.165) is 25.4 Å². The average Bonchev–Trinajstić information content (AvgIpc) is 3.16. The van der Waals surface area contributed by atoms with Crippen molar-refractivity contribution in [1.82, 2.24) is 5.32 Å². The Morgan fingerprint density at radius 3 is 2.83 bits per heavy atom. The molecule has 0 atom stereocenters. The summed E-state index contributed by atoms with van der Waals surface area (Å²) < 4.78 is 18.8. The maximum Gasteiger partial charge on any atom is 0.129 e. The van der Waals surface area contributed by atoms with Crippen molar-refractivity contribution < 1.29 is 9.13 Å². The molecule has 1 aliphatic rings. The van der Waals surface area contributed by atoms with Gasteiger partial charge < -0.3 is 10.1 Å². The van der Waals surface area contributed by atoms with Gasteiger partial charge in [0.25, 0.3) is 0 Å². The summed E-state index contributed by atoms with van der Waals surface area (Å²) in [6, 6.07) is 5.85. The largest absolute Gasteiger partial charge is 0.493 e. The van der Waals surface area contributed by atoms with E-state index in [1.54, 1.807) is 13.0 Å². The summed E-state index contributed by atoms with van der Waals surface area (Å²) in [7, 11) is 0. The molecule has 0 amide bonds. The normalized spacial score (nSPS) is 14.8. The maximum atomic E-state index is 13.2. The third-order valence-corrected chi connectivity index (χ3v) is 3.24. The van der Waals surface area contributed by atoms with Crippen LogP contribution in [0.4, 0.5) is 4.39 Å². The molecule has 2 rings (SSSR count). The minimum absolute atomic E-state index is 0.193. The Kier molecular flexibility index (Phi) is 5.00. The molecule has 1 aromatic carbocycles. The molecule has 100 valence electrons. The van der Waals surface area contributed by atoms with Gasteiger partial charge in [-0.3, -0.25) is 0 Å². The molecule has 0 heterocycles. The Bertz CT molecular complexity index is 377. The predicted octanol–water partition coefficient (Wildman–Crippen LogP) is 3.44. The lowest BCUT2D eigenvalue weighted by molar-refractivity contribution is 0.303. The van der Waals surface area contributed by atoms with E-state index in [4.69, 9.17) is 4.74 Å². The van der Waals surface area contributed by atoms with Crippen LogP contribution in [0.25, 0.3) is 0 Å². The number of aryl methyl sites for hydroxylation is 1. The molecule has 0 spiro atoms. The second-order valence-corrected chi connectivity index (χ2v) is 5.05. The Hall–Kier alpha value is -1.09. The van der Waals surface area contributed by atoms with Gasteiger partial charge in [0.2, 0.25) is 0 Å².